The van der Waals surface area contributed by atoms with Crippen molar-refractivity contribution in [3.05, 3.63) is 91.1 Å². The molecule has 0 unspecified atom stereocenters. The molecule has 1 heterocycles. The Kier molecular flexibility index (Phi) is 5.75. The molecule has 0 aliphatic rings. The van der Waals surface area contributed by atoms with Crippen LogP contribution in [0.2, 0.25) is 0 Å². The van der Waals surface area contributed by atoms with Gasteiger partial charge in [-0.05, 0) is 54.6 Å². The molecule has 0 fully saturated rings. The SMILES string of the molecule is Cn1nccc1-c1ccccc1OCC(=O)Nc1ccc(Oc2ccccc2)cc1. The number of carbonyl (C=O) groups excluding carboxylic acids is 1. The number of benzene rings is 3. The molecule has 0 saturated heterocycles. The lowest BCUT2D eigenvalue weighted by molar-refractivity contribution is -0.118. The summed E-state index contributed by atoms with van der Waals surface area (Å²) in [5, 5.41) is 7.02. The van der Waals surface area contributed by atoms with Crippen LogP contribution in [0.1, 0.15) is 0 Å². The van der Waals surface area contributed by atoms with Gasteiger partial charge in [0.1, 0.15) is 17.2 Å². The van der Waals surface area contributed by atoms with E-state index in [4.69, 9.17) is 9.47 Å². The van der Waals surface area contributed by atoms with E-state index in [0.29, 0.717) is 17.2 Å². The molecular weight excluding hydrogens is 378 g/mol. The summed E-state index contributed by atoms with van der Waals surface area (Å²) in [6, 6.07) is 26.2. The Hall–Kier alpha value is -4.06. The molecule has 150 valence electrons. The zero-order valence-corrected chi connectivity index (χ0v) is 16.5. The first kappa shape index (κ1) is 19.3. The number of carbonyl (C=O) groups is 1. The van der Waals surface area contributed by atoms with Crippen LogP contribution < -0.4 is 14.8 Å². The lowest BCUT2D eigenvalue weighted by Crippen LogP contribution is -2.20. The lowest BCUT2D eigenvalue weighted by Gasteiger charge is -2.12. The summed E-state index contributed by atoms with van der Waals surface area (Å²) in [6.07, 6.45) is 1.73. The quantitative estimate of drug-likeness (QED) is 0.480. The molecule has 0 saturated carbocycles. The number of nitrogens with zero attached hydrogens (tertiary/aromatic N) is 2. The minimum atomic E-state index is -0.244. The lowest BCUT2D eigenvalue weighted by atomic mass is 10.1. The second-order valence-electron chi connectivity index (χ2n) is 6.61. The maximum atomic E-state index is 12.3. The van der Waals surface area contributed by atoms with Crippen molar-refractivity contribution in [2.24, 2.45) is 7.05 Å². The van der Waals surface area contributed by atoms with Gasteiger partial charge in [-0.3, -0.25) is 9.48 Å². The Balaban J connectivity index is 1.35. The Morgan fingerprint density at radius 1 is 0.900 bits per heavy atom. The molecule has 0 radical (unpaired) electrons. The van der Waals surface area contributed by atoms with Gasteiger partial charge < -0.3 is 14.8 Å². The highest BCUT2D eigenvalue weighted by atomic mass is 16.5. The molecule has 3 aromatic carbocycles. The zero-order chi connectivity index (χ0) is 20.8. The Morgan fingerprint density at radius 2 is 1.60 bits per heavy atom. The highest BCUT2D eigenvalue weighted by Crippen LogP contribution is 2.29. The van der Waals surface area contributed by atoms with Crippen molar-refractivity contribution in [1.29, 1.82) is 0 Å². The second-order valence-corrected chi connectivity index (χ2v) is 6.61. The third-order valence-corrected chi connectivity index (χ3v) is 4.46. The summed E-state index contributed by atoms with van der Waals surface area (Å²) < 4.78 is 13.3. The highest BCUT2D eigenvalue weighted by Gasteiger charge is 2.11. The molecule has 1 amide bonds. The fraction of sp³-hybridized carbons (Fsp3) is 0.0833. The van der Waals surface area contributed by atoms with Gasteiger partial charge in [-0.25, -0.2) is 0 Å². The first-order valence-corrected chi connectivity index (χ1v) is 9.52. The second kappa shape index (κ2) is 8.96. The van der Waals surface area contributed by atoms with E-state index >= 15 is 0 Å². The molecule has 6 heteroatoms. The molecule has 0 bridgehead atoms. The number of hydrogen-bond acceptors (Lipinski definition) is 4. The van der Waals surface area contributed by atoms with Gasteiger partial charge in [0.15, 0.2) is 6.61 Å². The Labute approximate surface area is 174 Å². The number of anilines is 1. The number of hydrogen-bond donors (Lipinski definition) is 1. The maximum Gasteiger partial charge on any atom is 0.262 e. The van der Waals surface area contributed by atoms with Crippen LogP contribution in [0, 0.1) is 0 Å². The van der Waals surface area contributed by atoms with Crippen LogP contribution >= 0.6 is 0 Å². The van der Waals surface area contributed by atoms with Crippen molar-refractivity contribution >= 4 is 11.6 Å². The number of para-hydroxylation sites is 2. The number of aryl methyl sites for hydroxylation is 1. The summed E-state index contributed by atoms with van der Waals surface area (Å²) in [4.78, 5) is 12.3. The molecule has 0 atom stereocenters. The number of nitrogens with one attached hydrogen (secondary N) is 1. The van der Waals surface area contributed by atoms with Crippen LogP contribution in [0.3, 0.4) is 0 Å². The van der Waals surface area contributed by atoms with E-state index in [1.54, 1.807) is 35.1 Å². The van der Waals surface area contributed by atoms with Crippen LogP contribution in [-0.2, 0) is 11.8 Å². The van der Waals surface area contributed by atoms with Crippen LogP contribution in [-0.4, -0.2) is 22.3 Å². The van der Waals surface area contributed by atoms with Crippen LogP contribution in [0.15, 0.2) is 91.1 Å². The van der Waals surface area contributed by atoms with Crippen molar-refractivity contribution in [2.75, 3.05) is 11.9 Å². The molecule has 30 heavy (non-hydrogen) atoms. The molecule has 0 spiro atoms. The van der Waals surface area contributed by atoms with E-state index in [0.717, 1.165) is 17.0 Å². The smallest absolute Gasteiger partial charge is 0.262 e. The molecule has 1 N–H and O–H groups in total. The highest BCUT2D eigenvalue weighted by molar-refractivity contribution is 5.92. The van der Waals surface area contributed by atoms with Gasteiger partial charge in [-0.2, -0.15) is 5.10 Å². The van der Waals surface area contributed by atoms with E-state index in [1.807, 2.05) is 67.7 Å². The predicted molar refractivity (Wildman–Crippen MR) is 116 cm³/mol. The maximum absolute atomic E-state index is 12.3. The zero-order valence-electron chi connectivity index (χ0n) is 16.5. The van der Waals surface area contributed by atoms with E-state index in [9.17, 15) is 4.79 Å². The fourth-order valence-corrected chi connectivity index (χ4v) is 3.01. The Bertz CT molecular complexity index is 1120. The van der Waals surface area contributed by atoms with E-state index in [-0.39, 0.29) is 12.5 Å². The number of rotatable bonds is 7. The van der Waals surface area contributed by atoms with Crippen molar-refractivity contribution in [3.8, 4) is 28.5 Å². The molecule has 0 aliphatic carbocycles. The van der Waals surface area contributed by atoms with Crippen molar-refractivity contribution in [2.45, 2.75) is 0 Å². The van der Waals surface area contributed by atoms with Crippen LogP contribution in [0.25, 0.3) is 11.3 Å². The molecule has 0 aliphatic heterocycles. The minimum absolute atomic E-state index is 0.100. The average Bonchev–Trinajstić information content (AvgIpc) is 3.20. The summed E-state index contributed by atoms with van der Waals surface area (Å²) >= 11 is 0. The molecule has 4 aromatic rings. The monoisotopic (exact) mass is 399 g/mol. The summed E-state index contributed by atoms with van der Waals surface area (Å²) in [7, 11) is 1.87. The molecule has 4 rings (SSSR count). The molecular formula is C24H21N3O3. The van der Waals surface area contributed by atoms with Crippen molar-refractivity contribution in [3.63, 3.8) is 0 Å². The Morgan fingerprint density at radius 3 is 2.33 bits per heavy atom. The van der Waals surface area contributed by atoms with Gasteiger partial charge in [0, 0.05) is 24.5 Å². The number of aromatic nitrogens is 2. The molecule has 1 aromatic heterocycles. The summed E-state index contributed by atoms with van der Waals surface area (Å²) in [6.45, 7) is -0.100. The normalized spacial score (nSPS) is 10.4. The van der Waals surface area contributed by atoms with Crippen molar-refractivity contribution < 1.29 is 14.3 Å². The third-order valence-electron chi connectivity index (χ3n) is 4.46. The molecule has 6 nitrogen and oxygen atoms in total. The average molecular weight is 399 g/mol. The van der Waals surface area contributed by atoms with Gasteiger partial charge >= 0.3 is 0 Å². The van der Waals surface area contributed by atoms with Crippen LogP contribution in [0.5, 0.6) is 17.2 Å². The summed E-state index contributed by atoms with van der Waals surface area (Å²) in [5.74, 6) is 1.84. The minimum Gasteiger partial charge on any atom is -0.483 e. The van der Waals surface area contributed by atoms with Gasteiger partial charge in [-0.15, -0.1) is 0 Å². The first-order valence-electron chi connectivity index (χ1n) is 9.52. The fourth-order valence-electron chi connectivity index (χ4n) is 3.01. The van der Waals surface area contributed by atoms with Gasteiger partial charge in [0.25, 0.3) is 5.91 Å². The largest absolute Gasteiger partial charge is 0.483 e. The standard InChI is InChI=1S/C24H21N3O3/c1-27-22(15-16-25-27)21-9-5-6-10-23(21)29-17-24(28)26-18-11-13-20(14-12-18)30-19-7-3-2-4-8-19/h2-16H,17H2,1H3,(H,26,28). The topological polar surface area (TPSA) is 65.4 Å². The summed E-state index contributed by atoms with van der Waals surface area (Å²) in [5.41, 5.74) is 2.47. The van der Waals surface area contributed by atoms with E-state index in [2.05, 4.69) is 10.4 Å². The van der Waals surface area contributed by atoms with E-state index in [1.165, 1.54) is 0 Å². The predicted octanol–water partition coefficient (Wildman–Crippen LogP) is 4.90. The van der Waals surface area contributed by atoms with Gasteiger partial charge in [0.05, 0.1) is 5.69 Å². The first-order chi connectivity index (χ1) is 14.7. The third kappa shape index (κ3) is 4.67. The van der Waals surface area contributed by atoms with E-state index < -0.39 is 0 Å². The van der Waals surface area contributed by atoms with Crippen molar-refractivity contribution in [1.82, 2.24) is 9.78 Å². The van der Waals surface area contributed by atoms with Crippen LogP contribution in [0.4, 0.5) is 5.69 Å². The van der Waals surface area contributed by atoms with Gasteiger partial charge in [-0.1, -0.05) is 30.3 Å². The van der Waals surface area contributed by atoms with Gasteiger partial charge in [0.2, 0.25) is 0 Å². The number of ether oxygens (including phenoxy) is 2. The number of amides is 1.